The van der Waals surface area contributed by atoms with E-state index < -0.39 is 15.7 Å². The average molecular weight is 487 g/mol. The van der Waals surface area contributed by atoms with Crippen molar-refractivity contribution in [3.05, 3.63) is 83.9 Å². The molecule has 0 saturated heterocycles. The van der Waals surface area contributed by atoms with Crippen molar-refractivity contribution in [1.29, 1.82) is 0 Å². The number of rotatable bonds is 9. The third-order valence-electron chi connectivity index (χ3n) is 5.56. The Kier molecular flexibility index (Phi) is 6.73. The number of ether oxygens (including phenoxy) is 4. The van der Waals surface area contributed by atoms with E-state index in [1.165, 1.54) is 0 Å². The van der Waals surface area contributed by atoms with Gasteiger partial charge in [-0.25, -0.2) is 0 Å². The molecule has 1 fully saturated rings. The van der Waals surface area contributed by atoms with E-state index >= 15 is 0 Å². The maximum Gasteiger partial charge on any atom is 0.320 e. The third kappa shape index (κ3) is 4.90. The van der Waals surface area contributed by atoms with Crippen LogP contribution in [0.4, 0.5) is 0 Å². The highest BCUT2D eigenvalue weighted by Crippen LogP contribution is 2.65. The largest absolute Gasteiger partial charge is 0.497 e. The number of esters is 1. The van der Waals surface area contributed by atoms with Gasteiger partial charge in [-0.3, -0.25) is 4.79 Å². The van der Waals surface area contributed by atoms with E-state index in [-0.39, 0.29) is 13.0 Å². The van der Waals surface area contributed by atoms with Crippen LogP contribution in [-0.4, -0.2) is 24.0 Å². The van der Waals surface area contributed by atoms with Gasteiger partial charge < -0.3 is 18.9 Å². The predicted molar refractivity (Wildman–Crippen MR) is 128 cm³/mol. The van der Waals surface area contributed by atoms with Crippen molar-refractivity contribution >= 4 is 29.2 Å². The van der Waals surface area contributed by atoms with Gasteiger partial charge in [0.1, 0.15) is 39.4 Å². The molecule has 33 heavy (non-hydrogen) atoms. The van der Waals surface area contributed by atoms with Crippen molar-refractivity contribution in [3.8, 4) is 23.0 Å². The Labute approximate surface area is 203 Å². The van der Waals surface area contributed by atoms with Crippen LogP contribution >= 0.6 is 23.2 Å². The second-order valence-corrected chi connectivity index (χ2v) is 9.23. The first-order valence-electron chi connectivity index (χ1n) is 10.6. The topological polar surface area (TPSA) is 54.0 Å². The van der Waals surface area contributed by atoms with Crippen LogP contribution in [0.5, 0.6) is 23.0 Å². The van der Waals surface area contributed by atoms with E-state index in [4.69, 9.17) is 42.1 Å². The number of benzene rings is 3. The third-order valence-corrected chi connectivity index (χ3v) is 6.47. The zero-order valence-electron chi connectivity index (χ0n) is 18.3. The minimum absolute atomic E-state index is 0.0707. The molecule has 0 aliphatic heterocycles. The predicted octanol–water partition coefficient (Wildman–Crippen LogP) is 6.45. The summed E-state index contributed by atoms with van der Waals surface area (Å²) in [7, 11) is 1.61. The van der Waals surface area contributed by atoms with Crippen LogP contribution in [-0.2, 0) is 21.6 Å². The minimum atomic E-state index is -1.21. The van der Waals surface area contributed by atoms with Crippen molar-refractivity contribution in [3.63, 3.8) is 0 Å². The van der Waals surface area contributed by atoms with Crippen molar-refractivity contribution in [1.82, 2.24) is 0 Å². The lowest BCUT2D eigenvalue weighted by Crippen LogP contribution is -2.28. The maximum atomic E-state index is 13.1. The number of hydrogen-bond donors (Lipinski definition) is 0. The SMILES string of the molecule is CCOc1ccc(C2(C(=O)OCc3cccc(Oc4ccc(OC)cc4)c3)CC2(Cl)Cl)cc1. The van der Waals surface area contributed by atoms with Crippen LogP contribution in [0.25, 0.3) is 0 Å². The Morgan fingerprint density at radius 2 is 1.55 bits per heavy atom. The molecule has 0 aromatic heterocycles. The summed E-state index contributed by atoms with van der Waals surface area (Å²) in [6, 6.07) is 21.9. The van der Waals surface area contributed by atoms with Gasteiger partial charge in [0.05, 0.1) is 13.7 Å². The molecule has 1 saturated carbocycles. The summed E-state index contributed by atoms with van der Waals surface area (Å²) in [5, 5.41) is 0. The van der Waals surface area contributed by atoms with Gasteiger partial charge in [0.25, 0.3) is 0 Å². The molecule has 0 amide bonds. The summed E-state index contributed by atoms with van der Waals surface area (Å²) in [5.74, 6) is 2.31. The summed E-state index contributed by atoms with van der Waals surface area (Å²) in [6.45, 7) is 2.54. The first-order chi connectivity index (χ1) is 15.9. The molecule has 0 spiro atoms. The van der Waals surface area contributed by atoms with Gasteiger partial charge in [-0.1, -0.05) is 47.5 Å². The zero-order chi connectivity index (χ0) is 23.5. The van der Waals surface area contributed by atoms with E-state index in [2.05, 4.69) is 0 Å². The fourth-order valence-corrected chi connectivity index (χ4v) is 4.47. The summed E-state index contributed by atoms with van der Waals surface area (Å²) in [4.78, 5) is 13.1. The van der Waals surface area contributed by atoms with Crippen molar-refractivity contribution in [2.24, 2.45) is 0 Å². The van der Waals surface area contributed by atoms with Crippen molar-refractivity contribution in [2.75, 3.05) is 13.7 Å². The van der Waals surface area contributed by atoms with Crippen LogP contribution in [0.2, 0.25) is 0 Å². The van der Waals surface area contributed by atoms with E-state index in [0.29, 0.717) is 29.4 Å². The molecule has 1 atom stereocenters. The molecule has 3 aromatic carbocycles. The standard InChI is InChI=1S/C26H24Cl2O5/c1-3-31-21-9-7-19(8-10-21)25(17-26(25,27)28)24(29)32-16-18-5-4-6-23(15-18)33-22-13-11-20(30-2)12-14-22/h4-15H,3,16-17H2,1-2H3. The molecule has 172 valence electrons. The Morgan fingerprint density at radius 3 is 2.15 bits per heavy atom. The molecule has 0 heterocycles. The molecular formula is C26H24Cl2O5. The highest BCUT2D eigenvalue weighted by Gasteiger charge is 2.73. The number of methoxy groups -OCH3 is 1. The molecule has 7 heteroatoms. The van der Waals surface area contributed by atoms with Gasteiger partial charge in [0, 0.05) is 6.42 Å². The Morgan fingerprint density at radius 1 is 0.909 bits per heavy atom. The lowest BCUT2D eigenvalue weighted by Gasteiger charge is -2.18. The zero-order valence-corrected chi connectivity index (χ0v) is 19.9. The van der Waals surface area contributed by atoms with Crippen molar-refractivity contribution in [2.45, 2.75) is 29.7 Å². The summed E-state index contributed by atoms with van der Waals surface area (Å²) in [6.07, 6.45) is 0.288. The smallest absolute Gasteiger partial charge is 0.320 e. The fraction of sp³-hybridized carbons (Fsp3) is 0.269. The maximum absolute atomic E-state index is 13.1. The quantitative estimate of drug-likeness (QED) is 0.257. The highest BCUT2D eigenvalue weighted by molar-refractivity contribution is 6.54. The number of halogens is 2. The Hall–Kier alpha value is -2.89. The Balaban J connectivity index is 1.43. The van der Waals surface area contributed by atoms with Crippen molar-refractivity contribution < 1.29 is 23.7 Å². The van der Waals surface area contributed by atoms with Gasteiger partial charge in [-0.05, 0) is 66.6 Å². The van der Waals surface area contributed by atoms with Gasteiger partial charge >= 0.3 is 5.97 Å². The van der Waals surface area contributed by atoms with Gasteiger partial charge in [0.15, 0.2) is 0 Å². The molecule has 0 N–H and O–H groups in total. The second kappa shape index (κ2) is 9.54. The molecular weight excluding hydrogens is 463 g/mol. The van der Waals surface area contributed by atoms with Crippen LogP contribution in [0.1, 0.15) is 24.5 Å². The van der Waals surface area contributed by atoms with Crippen LogP contribution < -0.4 is 14.2 Å². The molecule has 1 unspecified atom stereocenters. The van der Waals surface area contributed by atoms with E-state index in [1.54, 1.807) is 19.2 Å². The number of carbonyl (C=O) groups excluding carboxylic acids is 1. The van der Waals surface area contributed by atoms with Gasteiger partial charge in [-0.15, -0.1) is 0 Å². The molecule has 4 rings (SSSR count). The lowest BCUT2D eigenvalue weighted by molar-refractivity contribution is -0.148. The number of carbonyl (C=O) groups is 1. The number of alkyl halides is 2. The molecule has 0 radical (unpaired) electrons. The first-order valence-corrected chi connectivity index (χ1v) is 11.3. The van der Waals surface area contributed by atoms with Gasteiger partial charge in [0.2, 0.25) is 0 Å². The average Bonchev–Trinajstić information content (AvgIpc) is 3.42. The molecule has 0 bridgehead atoms. The summed E-state index contributed by atoms with van der Waals surface area (Å²) >= 11 is 12.8. The van der Waals surface area contributed by atoms with Crippen LogP contribution in [0, 0.1) is 0 Å². The minimum Gasteiger partial charge on any atom is -0.497 e. The van der Waals surface area contributed by atoms with E-state index in [9.17, 15) is 4.79 Å². The molecule has 1 aliphatic carbocycles. The number of hydrogen-bond acceptors (Lipinski definition) is 5. The summed E-state index contributed by atoms with van der Waals surface area (Å²) in [5.41, 5.74) is 0.391. The Bertz CT molecular complexity index is 1110. The van der Waals surface area contributed by atoms with Gasteiger partial charge in [-0.2, -0.15) is 0 Å². The molecule has 5 nitrogen and oxygen atoms in total. The fourth-order valence-electron chi connectivity index (χ4n) is 3.69. The normalized spacial score (nSPS) is 18.3. The molecule has 1 aliphatic rings. The van der Waals surface area contributed by atoms with E-state index in [1.807, 2.05) is 67.6 Å². The molecule has 3 aromatic rings. The van der Waals surface area contributed by atoms with E-state index in [0.717, 1.165) is 11.3 Å². The van der Waals surface area contributed by atoms with Crippen LogP contribution in [0.3, 0.4) is 0 Å². The van der Waals surface area contributed by atoms with Crippen LogP contribution in [0.15, 0.2) is 72.8 Å². The monoisotopic (exact) mass is 486 g/mol. The summed E-state index contributed by atoms with van der Waals surface area (Å²) < 4.78 is 21.0. The lowest BCUT2D eigenvalue weighted by atomic mass is 9.96. The highest BCUT2D eigenvalue weighted by atomic mass is 35.5. The second-order valence-electron chi connectivity index (χ2n) is 7.75. The first kappa shape index (κ1) is 23.3.